The first-order valence-electron chi connectivity index (χ1n) is 6.50. The number of hydrogen-bond acceptors (Lipinski definition) is 7. The number of nitrogens with zero attached hydrogens (tertiary/aromatic N) is 3. The van der Waals surface area contributed by atoms with Gasteiger partial charge in [-0.05, 0) is 25.1 Å². The van der Waals surface area contributed by atoms with Gasteiger partial charge in [0.15, 0.2) is 11.6 Å². The van der Waals surface area contributed by atoms with Gasteiger partial charge in [-0.3, -0.25) is 14.9 Å². The Labute approximate surface area is 129 Å². The molecule has 116 valence electrons. The molecule has 0 radical (unpaired) electrons. The van der Waals surface area contributed by atoms with Crippen molar-refractivity contribution in [1.82, 2.24) is 10.1 Å². The minimum atomic E-state index is -0.716. The van der Waals surface area contributed by atoms with E-state index in [2.05, 4.69) is 15.5 Å². The summed E-state index contributed by atoms with van der Waals surface area (Å²) in [6.07, 6.45) is 0. The van der Waals surface area contributed by atoms with Gasteiger partial charge in [-0.2, -0.15) is 4.98 Å². The van der Waals surface area contributed by atoms with Gasteiger partial charge < -0.3 is 14.3 Å². The first kappa shape index (κ1) is 14.4. The lowest BCUT2D eigenvalue weighted by Crippen LogP contribution is -2.11. The van der Waals surface area contributed by atoms with Gasteiger partial charge >= 0.3 is 5.88 Å². The molecule has 0 aliphatic rings. The van der Waals surface area contributed by atoms with Crippen LogP contribution in [0.5, 0.6) is 0 Å². The Bertz CT molecular complexity index is 883. The van der Waals surface area contributed by atoms with Gasteiger partial charge in [-0.1, -0.05) is 17.3 Å². The van der Waals surface area contributed by atoms with Crippen LogP contribution >= 0.6 is 0 Å². The van der Waals surface area contributed by atoms with E-state index in [1.807, 2.05) is 0 Å². The van der Waals surface area contributed by atoms with Gasteiger partial charge in [0.25, 0.3) is 11.8 Å². The van der Waals surface area contributed by atoms with Crippen LogP contribution in [-0.2, 0) is 0 Å². The predicted octanol–water partition coefficient (Wildman–Crippen LogP) is 2.80. The number of aromatic nitrogens is 2. The van der Waals surface area contributed by atoms with Crippen molar-refractivity contribution in [1.29, 1.82) is 0 Å². The maximum atomic E-state index is 12.1. The SMILES string of the molecule is Cc1noc(-c2ccccc2NC(=O)c2ccc([N+](=O)[O-])o2)n1. The summed E-state index contributed by atoms with van der Waals surface area (Å²) in [5.41, 5.74) is 0.947. The summed E-state index contributed by atoms with van der Waals surface area (Å²) in [6.45, 7) is 1.68. The van der Waals surface area contributed by atoms with Crippen molar-refractivity contribution in [3.63, 3.8) is 0 Å². The number of amides is 1. The number of furan rings is 1. The normalized spacial score (nSPS) is 10.5. The Kier molecular flexibility index (Phi) is 3.59. The molecule has 2 heterocycles. The van der Waals surface area contributed by atoms with Crippen molar-refractivity contribution in [3.05, 3.63) is 58.1 Å². The zero-order chi connectivity index (χ0) is 16.4. The lowest BCUT2D eigenvalue weighted by atomic mass is 10.1. The first-order chi connectivity index (χ1) is 11.0. The van der Waals surface area contributed by atoms with Gasteiger partial charge in [0, 0.05) is 0 Å². The largest absolute Gasteiger partial charge is 0.433 e. The van der Waals surface area contributed by atoms with Crippen LogP contribution in [0, 0.1) is 17.0 Å². The minimum absolute atomic E-state index is 0.173. The van der Waals surface area contributed by atoms with Crippen LogP contribution in [0.4, 0.5) is 11.6 Å². The number of rotatable bonds is 4. The summed E-state index contributed by atoms with van der Waals surface area (Å²) in [7, 11) is 0. The van der Waals surface area contributed by atoms with Gasteiger partial charge in [0.1, 0.15) is 4.92 Å². The van der Waals surface area contributed by atoms with Crippen LogP contribution in [-0.4, -0.2) is 21.0 Å². The monoisotopic (exact) mass is 314 g/mol. The van der Waals surface area contributed by atoms with Gasteiger partial charge in [0.05, 0.1) is 17.3 Å². The Morgan fingerprint density at radius 3 is 2.70 bits per heavy atom. The molecule has 0 aliphatic carbocycles. The molecule has 0 unspecified atom stereocenters. The topological polar surface area (TPSA) is 124 Å². The van der Waals surface area contributed by atoms with E-state index in [4.69, 9.17) is 8.94 Å². The fraction of sp³-hybridized carbons (Fsp3) is 0.0714. The Morgan fingerprint density at radius 1 is 1.26 bits per heavy atom. The van der Waals surface area contributed by atoms with Crippen LogP contribution in [0.25, 0.3) is 11.5 Å². The molecule has 3 rings (SSSR count). The summed E-state index contributed by atoms with van der Waals surface area (Å²) >= 11 is 0. The van der Waals surface area contributed by atoms with E-state index in [-0.39, 0.29) is 11.7 Å². The number of nitro groups is 1. The maximum Gasteiger partial charge on any atom is 0.433 e. The first-order valence-corrected chi connectivity index (χ1v) is 6.50. The fourth-order valence-corrected chi connectivity index (χ4v) is 1.92. The zero-order valence-electron chi connectivity index (χ0n) is 11.8. The van der Waals surface area contributed by atoms with Crippen LogP contribution in [0.1, 0.15) is 16.4 Å². The number of carbonyl (C=O) groups is 1. The minimum Gasteiger partial charge on any atom is -0.395 e. The number of benzene rings is 1. The highest BCUT2D eigenvalue weighted by Gasteiger charge is 2.19. The molecule has 1 aromatic carbocycles. The molecule has 0 aliphatic heterocycles. The molecule has 1 N–H and O–H groups in total. The average molecular weight is 314 g/mol. The highest BCUT2D eigenvalue weighted by molar-refractivity contribution is 6.04. The van der Waals surface area contributed by atoms with Crippen LogP contribution in [0.2, 0.25) is 0 Å². The van der Waals surface area contributed by atoms with Crippen molar-refractivity contribution in [3.8, 4) is 11.5 Å². The third kappa shape index (κ3) is 2.93. The van der Waals surface area contributed by atoms with E-state index < -0.39 is 16.7 Å². The molecule has 0 saturated carbocycles. The summed E-state index contributed by atoms with van der Waals surface area (Å²) in [5, 5.41) is 16.9. The molecular formula is C14H10N4O5. The van der Waals surface area contributed by atoms with Crippen LogP contribution in [0.3, 0.4) is 0 Å². The Hall–Kier alpha value is -3.49. The van der Waals surface area contributed by atoms with E-state index in [0.717, 1.165) is 6.07 Å². The predicted molar refractivity (Wildman–Crippen MR) is 77.8 cm³/mol. The average Bonchev–Trinajstić information content (AvgIpc) is 3.17. The van der Waals surface area contributed by atoms with Gasteiger partial charge in [-0.25, -0.2) is 0 Å². The molecule has 0 fully saturated rings. The molecule has 9 nitrogen and oxygen atoms in total. The summed E-state index contributed by atoms with van der Waals surface area (Å²) in [4.78, 5) is 26.1. The number of anilines is 1. The molecule has 0 spiro atoms. The molecule has 0 bridgehead atoms. The lowest BCUT2D eigenvalue weighted by Gasteiger charge is -2.06. The molecule has 0 saturated heterocycles. The zero-order valence-corrected chi connectivity index (χ0v) is 11.8. The third-order valence-electron chi connectivity index (χ3n) is 2.93. The molecule has 23 heavy (non-hydrogen) atoms. The molecule has 9 heteroatoms. The summed E-state index contributed by atoms with van der Waals surface area (Å²) in [5.74, 6) is -0.586. The van der Waals surface area contributed by atoms with E-state index in [1.165, 1.54) is 6.07 Å². The summed E-state index contributed by atoms with van der Waals surface area (Å²) < 4.78 is 9.95. The quantitative estimate of drug-likeness (QED) is 0.579. The second-order valence-corrected chi connectivity index (χ2v) is 4.54. The number of aryl methyl sites for hydroxylation is 1. The number of carbonyl (C=O) groups excluding carboxylic acids is 1. The van der Waals surface area contributed by atoms with Crippen molar-refractivity contribution in [2.24, 2.45) is 0 Å². The van der Waals surface area contributed by atoms with Crippen molar-refractivity contribution in [2.45, 2.75) is 6.92 Å². The number of hydrogen-bond donors (Lipinski definition) is 1. The van der Waals surface area contributed by atoms with Crippen LogP contribution in [0.15, 0.2) is 45.3 Å². The second-order valence-electron chi connectivity index (χ2n) is 4.54. The lowest BCUT2D eigenvalue weighted by molar-refractivity contribution is -0.402. The highest BCUT2D eigenvalue weighted by Crippen LogP contribution is 2.27. The highest BCUT2D eigenvalue weighted by atomic mass is 16.6. The van der Waals surface area contributed by atoms with Gasteiger partial charge in [-0.15, -0.1) is 0 Å². The Morgan fingerprint density at radius 2 is 2.04 bits per heavy atom. The fourth-order valence-electron chi connectivity index (χ4n) is 1.92. The number of para-hydroxylation sites is 1. The van der Waals surface area contributed by atoms with Gasteiger partial charge in [0.2, 0.25) is 0 Å². The van der Waals surface area contributed by atoms with E-state index >= 15 is 0 Å². The molecule has 3 aromatic rings. The van der Waals surface area contributed by atoms with E-state index in [1.54, 1.807) is 31.2 Å². The van der Waals surface area contributed by atoms with Crippen molar-refractivity contribution in [2.75, 3.05) is 5.32 Å². The van der Waals surface area contributed by atoms with Crippen LogP contribution < -0.4 is 5.32 Å². The summed E-state index contributed by atoms with van der Waals surface area (Å²) in [6, 6.07) is 9.15. The van der Waals surface area contributed by atoms with E-state index in [0.29, 0.717) is 17.1 Å². The molecule has 2 aromatic heterocycles. The smallest absolute Gasteiger partial charge is 0.395 e. The van der Waals surface area contributed by atoms with E-state index in [9.17, 15) is 14.9 Å². The standard InChI is InChI=1S/C14H10N4O5/c1-8-15-14(23-17-8)9-4-2-3-5-10(9)16-13(19)11-6-7-12(22-11)18(20)21/h2-7H,1H3,(H,16,19). The second kappa shape index (κ2) is 5.72. The number of nitrogens with one attached hydrogen (secondary N) is 1. The molecule has 1 amide bonds. The molecular weight excluding hydrogens is 304 g/mol. The van der Waals surface area contributed by atoms with Crippen molar-refractivity contribution < 1.29 is 18.7 Å². The molecule has 0 atom stereocenters. The Balaban J connectivity index is 1.88. The third-order valence-corrected chi connectivity index (χ3v) is 2.93. The van der Waals surface area contributed by atoms with Crippen molar-refractivity contribution >= 4 is 17.5 Å². The maximum absolute atomic E-state index is 12.1.